The number of benzene rings is 2. The minimum absolute atomic E-state index is 0.147. The molecule has 0 unspecified atom stereocenters. The maximum absolute atomic E-state index is 10.5. The summed E-state index contributed by atoms with van der Waals surface area (Å²) in [7, 11) is -4.08. The third-order valence-electron chi connectivity index (χ3n) is 2.03. The molecule has 2 aromatic rings. The number of hydrogen-bond donors (Lipinski definition) is 4. The maximum Gasteiger partial charge on any atom is 0.294 e. The Morgan fingerprint density at radius 1 is 0.810 bits per heavy atom. The molecule has 2 rings (SSSR count). The predicted molar refractivity (Wildman–Crippen MR) is 77.6 cm³/mol. The second kappa shape index (κ2) is 8.56. The summed E-state index contributed by atoms with van der Waals surface area (Å²) in [5.41, 5.74) is 5.75. The molecule has 2 aromatic carbocycles. The summed E-state index contributed by atoms with van der Waals surface area (Å²) in [6, 6.07) is 11.0. The summed E-state index contributed by atoms with van der Waals surface area (Å²) in [4.78, 5) is 7.85. The van der Waals surface area contributed by atoms with Crippen LogP contribution in [0.25, 0.3) is 0 Å². The molecule has 0 saturated heterocycles. The molecule has 0 radical (unpaired) electrons. The van der Waals surface area contributed by atoms with E-state index in [0.717, 1.165) is 0 Å². The van der Waals surface area contributed by atoms with Crippen LogP contribution >= 0.6 is 0 Å². The molecular formula is C13H15NO6S. The van der Waals surface area contributed by atoms with Gasteiger partial charge in [-0.2, -0.15) is 8.42 Å². The summed E-state index contributed by atoms with van der Waals surface area (Å²) < 4.78 is 29.4. The topological polar surface area (TPSA) is 138 Å². The number of carbonyl (C=O) groups is 1. The fourth-order valence-electron chi connectivity index (χ4n) is 1.09. The van der Waals surface area contributed by atoms with Gasteiger partial charge in [-0.1, -0.05) is 0 Å². The summed E-state index contributed by atoms with van der Waals surface area (Å²) >= 11 is 0. The number of nitrogen functional groups attached to an aromatic ring is 1. The summed E-state index contributed by atoms with van der Waals surface area (Å²) in [6.45, 7) is 2.00. The van der Waals surface area contributed by atoms with E-state index in [1.807, 2.05) is 6.79 Å². The van der Waals surface area contributed by atoms with Gasteiger partial charge in [-0.05, 0) is 48.5 Å². The van der Waals surface area contributed by atoms with Crippen LogP contribution in [0.3, 0.4) is 0 Å². The molecule has 8 heteroatoms. The quantitative estimate of drug-likeness (QED) is 0.355. The van der Waals surface area contributed by atoms with Crippen LogP contribution < -0.4 is 5.73 Å². The van der Waals surface area contributed by atoms with E-state index in [2.05, 4.69) is 0 Å². The Balaban J connectivity index is 0.000000354. The van der Waals surface area contributed by atoms with Crippen LogP contribution in [0.1, 0.15) is 0 Å². The SMILES string of the molecule is C=O.Nc1ccc(S(=O)(=O)O)cc1.Oc1ccc(O)cc1. The number of rotatable bonds is 1. The fraction of sp³-hybridized carbons (Fsp3) is 0. The third-order valence-corrected chi connectivity index (χ3v) is 2.90. The second-order valence-electron chi connectivity index (χ2n) is 3.56. The second-order valence-corrected chi connectivity index (χ2v) is 4.98. The Morgan fingerprint density at radius 3 is 1.43 bits per heavy atom. The van der Waals surface area contributed by atoms with Gasteiger partial charge in [-0.25, -0.2) is 0 Å². The van der Waals surface area contributed by atoms with E-state index < -0.39 is 10.1 Å². The third kappa shape index (κ3) is 7.55. The van der Waals surface area contributed by atoms with E-state index in [9.17, 15) is 8.42 Å². The number of aromatic hydroxyl groups is 2. The van der Waals surface area contributed by atoms with Crippen molar-refractivity contribution >= 4 is 22.6 Å². The molecule has 0 fully saturated rings. The Bertz CT molecular complexity index is 616. The lowest BCUT2D eigenvalue weighted by molar-refractivity contribution is -0.0980. The predicted octanol–water partition coefficient (Wildman–Crippen LogP) is 1.43. The molecule has 0 amide bonds. The molecule has 7 nitrogen and oxygen atoms in total. The largest absolute Gasteiger partial charge is 0.508 e. The maximum atomic E-state index is 10.5. The highest BCUT2D eigenvalue weighted by molar-refractivity contribution is 7.85. The first-order valence-electron chi connectivity index (χ1n) is 5.39. The van der Waals surface area contributed by atoms with Crippen LogP contribution in [-0.2, 0) is 14.9 Å². The lowest BCUT2D eigenvalue weighted by Gasteiger charge is -1.95. The summed E-state index contributed by atoms with van der Waals surface area (Å²) in [5, 5.41) is 17.3. The van der Waals surface area contributed by atoms with E-state index in [1.165, 1.54) is 48.5 Å². The van der Waals surface area contributed by atoms with Crippen LogP contribution in [0, 0.1) is 0 Å². The number of phenolic OH excluding ortho intramolecular Hbond substituents is 2. The summed E-state index contributed by atoms with van der Waals surface area (Å²) in [5.74, 6) is 0.339. The van der Waals surface area contributed by atoms with Gasteiger partial charge in [0.05, 0.1) is 4.90 Å². The molecule has 0 bridgehead atoms. The molecule has 0 aromatic heterocycles. The zero-order valence-corrected chi connectivity index (χ0v) is 11.7. The average molecular weight is 313 g/mol. The molecule has 114 valence electrons. The molecule has 0 aliphatic carbocycles. The highest BCUT2D eigenvalue weighted by Crippen LogP contribution is 2.13. The Kier molecular flexibility index (Phi) is 7.51. The number of phenols is 2. The normalized spacial score (nSPS) is 9.57. The molecule has 0 saturated carbocycles. The van der Waals surface area contributed by atoms with Crippen LogP contribution in [0.4, 0.5) is 5.69 Å². The van der Waals surface area contributed by atoms with Crippen molar-refractivity contribution < 1.29 is 28.0 Å². The first kappa shape index (κ1) is 18.4. The van der Waals surface area contributed by atoms with Crippen LogP contribution in [0.15, 0.2) is 53.4 Å². The zero-order chi connectivity index (χ0) is 16.5. The lowest BCUT2D eigenvalue weighted by atomic mass is 10.3. The van der Waals surface area contributed by atoms with Gasteiger partial charge in [-0.3, -0.25) is 4.55 Å². The molecule has 21 heavy (non-hydrogen) atoms. The smallest absolute Gasteiger partial charge is 0.294 e. The zero-order valence-electron chi connectivity index (χ0n) is 10.9. The average Bonchev–Trinajstić information content (AvgIpc) is 2.44. The van der Waals surface area contributed by atoms with Crippen molar-refractivity contribution in [1.82, 2.24) is 0 Å². The van der Waals surface area contributed by atoms with Crippen molar-refractivity contribution in [2.45, 2.75) is 4.90 Å². The first-order valence-corrected chi connectivity index (χ1v) is 6.83. The van der Waals surface area contributed by atoms with Crippen molar-refractivity contribution in [2.75, 3.05) is 5.73 Å². The molecular weight excluding hydrogens is 298 g/mol. The lowest BCUT2D eigenvalue weighted by Crippen LogP contribution is -1.97. The standard InChI is InChI=1S/C6H7NO3S.C6H6O2.CH2O/c7-5-1-3-6(4-2-5)11(8,9)10;7-5-1-2-6(8)4-3-5;1-2/h1-4H,7H2,(H,8,9,10);1-4,7-8H;1H2. The molecule has 0 heterocycles. The van der Waals surface area contributed by atoms with E-state index in [4.69, 9.17) is 25.3 Å². The van der Waals surface area contributed by atoms with Gasteiger partial charge in [0.15, 0.2) is 0 Å². The minimum Gasteiger partial charge on any atom is -0.508 e. The first-order chi connectivity index (χ1) is 9.79. The monoisotopic (exact) mass is 313 g/mol. The number of nitrogens with two attached hydrogens (primary N) is 1. The van der Waals surface area contributed by atoms with E-state index >= 15 is 0 Å². The summed E-state index contributed by atoms with van der Waals surface area (Å²) in [6.07, 6.45) is 0. The molecule has 5 N–H and O–H groups in total. The highest BCUT2D eigenvalue weighted by atomic mass is 32.2. The van der Waals surface area contributed by atoms with Gasteiger partial charge < -0.3 is 20.7 Å². The Labute approximate surface area is 122 Å². The van der Waals surface area contributed by atoms with Gasteiger partial charge in [-0.15, -0.1) is 0 Å². The van der Waals surface area contributed by atoms with E-state index in [0.29, 0.717) is 5.69 Å². The Hall–Kier alpha value is -2.58. The van der Waals surface area contributed by atoms with Crippen molar-refractivity contribution in [3.05, 3.63) is 48.5 Å². The van der Waals surface area contributed by atoms with Gasteiger partial charge in [0.1, 0.15) is 18.3 Å². The Morgan fingerprint density at radius 2 is 1.14 bits per heavy atom. The van der Waals surface area contributed by atoms with Gasteiger partial charge in [0, 0.05) is 5.69 Å². The van der Waals surface area contributed by atoms with Crippen molar-refractivity contribution in [1.29, 1.82) is 0 Å². The number of anilines is 1. The van der Waals surface area contributed by atoms with E-state index in [1.54, 1.807) is 0 Å². The van der Waals surface area contributed by atoms with Gasteiger partial charge >= 0.3 is 0 Å². The van der Waals surface area contributed by atoms with Crippen molar-refractivity contribution in [3.63, 3.8) is 0 Å². The van der Waals surface area contributed by atoms with Crippen LogP contribution in [-0.4, -0.2) is 30.0 Å². The van der Waals surface area contributed by atoms with E-state index in [-0.39, 0.29) is 16.4 Å². The van der Waals surface area contributed by atoms with Crippen molar-refractivity contribution in [2.24, 2.45) is 0 Å². The van der Waals surface area contributed by atoms with Crippen LogP contribution in [0.5, 0.6) is 11.5 Å². The van der Waals surface area contributed by atoms with Gasteiger partial charge in [0.25, 0.3) is 10.1 Å². The van der Waals surface area contributed by atoms with Crippen LogP contribution in [0.2, 0.25) is 0 Å². The minimum atomic E-state index is -4.08. The molecule has 0 atom stereocenters. The number of carbonyl (C=O) groups excluding carboxylic acids is 1. The highest BCUT2D eigenvalue weighted by Gasteiger charge is 2.06. The molecule has 0 aliphatic heterocycles. The fourth-order valence-corrected chi connectivity index (χ4v) is 1.57. The van der Waals surface area contributed by atoms with Gasteiger partial charge in [0.2, 0.25) is 0 Å². The van der Waals surface area contributed by atoms with Crippen molar-refractivity contribution in [3.8, 4) is 11.5 Å². The molecule has 0 spiro atoms. The number of hydrogen-bond acceptors (Lipinski definition) is 6. The molecule has 0 aliphatic rings.